The number of nitrogens with zero attached hydrogens (tertiary/aromatic N) is 1. The number of hydrogen-bond acceptors (Lipinski definition) is 5. The Labute approximate surface area is 100 Å². The predicted molar refractivity (Wildman–Crippen MR) is 53.5 cm³/mol. The summed E-state index contributed by atoms with van der Waals surface area (Å²) in [5.74, 6) is -1.92. The van der Waals surface area contributed by atoms with Crippen LogP contribution >= 0.6 is 0 Å². The number of pyridine rings is 1. The molecule has 0 spiro atoms. The lowest BCUT2D eigenvalue weighted by molar-refractivity contribution is -0.276. The summed E-state index contributed by atoms with van der Waals surface area (Å²) in [4.78, 5) is 14.7. The van der Waals surface area contributed by atoms with Gasteiger partial charge >= 0.3 is 12.3 Å². The zero-order valence-electron chi connectivity index (χ0n) is 9.79. The van der Waals surface area contributed by atoms with Crippen molar-refractivity contribution in [3.63, 3.8) is 0 Å². The molecule has 18 heavy (non-hydrogen) atoms. The van der Waals surface area contributed by atoms with Crippen LogP contribution < -0.4 is 9.47 Å². The molecule has 1 aromatic heterocycles. The Hall–Kier alpha value is -1.99. The smallest absolute Gasteiger partial charge is 0.491 e. The normalized spacial score (nSPS) is 11.0. The third kappa shape index (κ3) is 3.25. The Kier molecular flexibility index (Phi) is 4.00. The summed E-state index contributed by atoms with van der Waals surface area (Å²) >= 11 is 0. The summed E-state index contributed by atoms with van der Waals surface area (Å²) in [6.45, 7) is 1.49. The Balaban J connectivity index is 3.26. The van der Waals surface area contributed by atoms with Crippen molar-refractivity contribution in [3.8, 4) is 11.6 Å². The van der Waals surface area contributed by atoms with Crippen LogP contribution in [0.4, 0.5) is 13.2 Å². The first-order valence-corrected chi connectivity index (χ1v) is 4.68. The zero-order valence-corrected chi connectivity index (χ0v) is 9.79. The van der Waals surface area contributed by atoms with E-state index in [0.717, 1.165) is 14.2 Å². The molecule has 0 aliphatic rings. The van der Waals surface area contributed by atoms with Gasteiger partial charge in [-0.2, -0.15) is 0 Å². The highest BCUT2D eigenvalue weighted by Gasteiger charge is 2.34. The second-order valence-electron chi connectivity index (χ2n) is 3.20. The third-order valence-electron chi connectivity index (χ3n) is 1.96. The number of methoxy groups -OCH3 is 2. The molecule has 0 amide bonds. The first kappa shape index (κ1) is 14.1. The van der Waals surface area contributed by atoms with E-state index in [2.05, 4.69) is 14.5 Å². The van der Waals surface area contributed by atoms with Gasteiger partial charge in [-0.3, -0.25) is 0 Å². The van der Waals surface area contributed by atoms with Crippen molar-refractivity contribution < 1.29 is 32.2 Å². The van der Waals surface area contributed by atoms with E-state index in [4.69, 9.17) is 4.74 Å². The molecule has 5 nitrogen and oxygen atoms in total. The summed E-state index contributed by atoms with van der Waals surface area (Å²) in [6.07, 6.45) is -4.93. The molecule has 0 aliphatic heterocycles. The number of carbonyl (C=O) groups excluding carboxylic acids is 1. The van der Waals surface area contributed by atoms with Crippen molar-refractivity contribution in [2.24, 2.45) is 0 Å². The van der Waals surface area contributed by atoms with Crippen LogP contribution in [0, 0.1) is 6.92 Å². The van der Waals surface area contributed by atoms with E-state index in [-0.39, 0.29) is 11.4 Å². The summed E-state index contributed by atoms with van der Waals surface area (Å²) < 4.78 is 49.2. The van der Waals surface area contributed by atoms with Crippen molar-refractivity contribution in [2.75, 3.05) is 14.2 Å². The molecule has 0 aromatic carbocycles. The van der Waals surface area contributed by atoms with Gasteiger partial charge in [0, 0.05) is 0 Å². The van der Waals surface area contributed by atoms with Crippen LogP contribution in [0.5, 0.6) is 11.6 Å². The van der Waals surface area contributed by atoms with Crippen molar-refractivity contribution >= 4 is 5.97 Å². The fourth-order valence-corrected chi connectivity index (χ4v) is 1.20. The average molecular weight is 265 g/mol. The van der Waals surface area contributed by atoms with Crippen LogP contribution in [-0.2, 0) is 4.74 Å². The van der Waals surface area contributed by atoms with E-state index in [9.17, 15) is 18.0 Å². The first-order valence-electron chi connectivity index (χ1n) is 4.68. The number of rotatable bonds is 3. The predicted octanol–water partition coefficient (Wildman–Crippen LogP) is 2.08. The van der Waals surface area contributed by atoms with E-state index >= 15 is 0 Å². The minimum atomic E-state index is -4.93. The largest absolute Gasteiger partial charge is 0.574 e. The molecule has 8 heteroatoms. The van der Waals surface area contributed by atoms with Gasteiger partial charge in [-0.25, -0.2) is 9.78 Å². The molecule has 0 saturated carbocycles. The van der Waals surface area contributed by atoms with Crippen molar-refractivity contribution in [1.29, 1.82) is 0 Å². The summed E-state index contributed by atoms with van der Waals surface area (Å²) in [7, 11) is 2.26. The molecule has 0 radical (unpaired) electrons. The number of esters is 1. The maximum Gasteiger partial charge on any atom is 0.574 e. The van der Waals surface area contributed by atoms with Gasteiger partial charge in [-0.1, -0.05) is 0 Å². The third-order valence-corrected chi connectivity index (χ3v) is 1.96. The number of hydrogen-bond donors (Lipinski definition) is 0. The monoisotopic (exact) mass is 265 g/mol. The Bertz CT molecular complexity index is 459. The van der Waals surface area contributed by atoms with Crippen LogP contribution in [0.1, 0.15) is 16.1 Å². The number of aromatic nitrogens is 1. The fourth-order valence-electron chi connectivity index (χ4n) is 1.20. The molecule has 0 fully saturated rings. The van der Waals surface area contributed by atoms with Gasteiger partial charge < -0.3 is 14.2 Å². The van der Waals surface area contributed by atoms with Crippen LogP contribution in [0.3, 0.4) is 0 Å². The van der Waals surface area contributed by atoms with Crippen LogP contribution in [0.25, 0.3) is 0 Å². The highest BCUT2D eigenvalue weighted by Crippen LogP contribution is 2.31. The molecule has 0 unspecified atom stereocenters. The second kappa shape index (κ2) is 5.11. The molecule has 0 atom stereocenters. The molecular formula is C10H10F3NO4. The van der Waals surface area contributed by atoms with Gasteiger partial charge in [0.2, 0.25) is 0 Å². The molecule has 0 saturated heterocycles. The molecular weight excluding hydrogens is 255 g/mol. The Morgan fingerprint density at radius 3 is 2.39 bits per heavy atom. The van der Waals surface area contributed by atoms with Gasteiger partial charge in [-0.15, -0.1) is 13.2 Å². The van der Waals surface area contributed by atoms with Gasteiger partial charge in [-0.05, 0) is 18.6 Å². The SMILES string of the molecule is COC(=O)c1nc(OC(F)(F)F)c(OC)cc1C. The van der Waals surface area contributed by atoms with Gasteiger partial charge in [0.25, 0.3) is 5.88 Å². The molecule has 0 N–H and O–H groups in total. The summed E-state index contributed by atoms with van der Waals surface area (Å²) in [6, 6.07) is 1.21. The van der Waals surface area contributed by atoms with Crippen LogP contribution in [0.15, 0.2) is 6.07 Å². The molecule has 0 aliphatic carbocycles. The molecule has 1 rings (SSSR count). The minimum absolute atomic E-state index is 0.225. The maximum absolute atomic E-state index is 12.1. The standard InChI is InChI=1S/C10H10F3NO4/c1-5-4-6(16-2)8(18-10(11,12)13)14-7(5)9(15)17-3/h4H,1-3H3. The van der Waals surface area contributed by atoms with Crippen molar-refractivity contribution in [3.05, 3.63) is 17.3 Å². The maximum atomic E-state index is 12.1. The number of halogens is 3. The first-order chi connectivity index (χ1) is 8.28. The molecule has 100 valence electrons. The lowest BCUT2D eigenvalue weighted by atomic mass is 10.2. The number of aryl methyl sites for hydroxylation is 1. The topological polar surface area (TPSA) is 57.7 Å². The lowest BCUT2D eigenvalue weighted by Crippen LogP contribution is -2.20. The average Bonchev–Trinajstić information content (AvgIpc) is 2.28. The molecule has 0 bridgehead atoms. The number of ether oxygens (including phenoxy) is 3. The van der Waals surface area contributed by atoms with Gasteiger partial charge in [0.15, 0.2) is 11.4 Å². The summed E-state index contributed by atoms with van der Waals surface area (Å²) in [5.41, 5.74) is 0.0470. The van der Waals surface area contributed by atoms with Crippen molar-refractivity contribution in [1.82, 2.24) is 4.98 Å². The van der Waals surface area contributed by atoms with Crippen LogP contribution in [-0.4, -0.2) is 31.5 Å². The van der Waals surface area contributed by atoms with E-state index in [0.29, 0.717) is 5.56 Å². The minimum Gasteiger partial charge on any atom is -0.491 e. The summed E-state index contributed by atoms with van der Waals surface area (Å²) in [5, 5.41) is 0. The number of alkyl halides is 3. The highest BCUT2D eigenvalue weighted by atomic mass is 19.4. The Morgan fingerprint density at radius 1 is 1.33 bits per heavy atom. The van der Waals surface area contributed by atoms with E-state index < -0.39 is 18.2 Å². The van der Waals surface area contributed by atoms with Crippen molar-refractivity contribution in [2.45, 2.75) is 13.3 Å². The fraction of sp³-hybridized carbons (Fsp3) is 0.400. The van der Waals surface area contributed by atoms with Gasteiger partial charge in [0.1, 0.15) is 0 Å². The second-order valence-corrected chi connectivity index (χ2v) is 3.20. The van der Waals surface area contributed by atoms with E-state index in [1.165, 1.54) is 13.0 Å². The highest BCUT2D eigenvalue weighted by molar-refractivity contribution is 5.89. The van der Waals surface area contributed by atoms with Gasteiger partial charge in [0.05, 0.1) is 14.2 Å². The zero-order chi connectivity index (χ0) is 13.9. The molecule has 1 aromatic rings. The van der Waals surface area contributed by atoms with E-state index in [1.54, 1.807) is 0 Å². The number of carbonyl (C=O) groups is 1. The quantitative estimate of drug-likeness (QED) is 0.783. The van der Waals surface area contributed by atoms with E-state index in [1.807, 2.05) is 0 Å². The Morgan fingerprint density at radius 2 is 1.94 bits per heavy atom. The van der Waals surface area contributed by atoms with Crippen LogP contribution in [0.2, 0.25) is 0 Å². The molecule has 1 heterocycles. The lowest BCUT2D eigenvalue weighted by Gasteiger charge is -2.13.